The first-order valence-corrected chi connectivity index (χ1v) is 3.44. The van der Waals surface area contributed by atoms with Crippen LogP contribution in [0.25, 0.3) is 0 Å². The molecule has 0 aromatic carbocycles. The van der Waals surface area contributed by atoms with Gasteiger partial charge in [0.25, 0.3) is 0 Å². The number of rotatable bonds is 2. The molecule has 1 heterocycles. The Bertz CT molecular complexity index is 193. The van der Waals surface area contributed by atoms with Gasteiger partial charge in [0.15, 0.2) is 0 Å². The predicted molar refractivity (Wildman–Crippen MR) is 43.2 cm³/mol. The van der Waals surface area contributed by atoms with Crippen LogP contribution >= 0.6 is 0 Å². The van der Waals surface area contributed by atoms with Crippen LogP contribution in [0.3, 0.4) is 0 Å². The minimum atomic E-state index is 0.699. The summed E-state index contributed by atoms with van der Waals surface area (Å²) in [6.45, 7) is 1.98. The Morgan fingerprint density at radius 2 is 2.30 bits per heavy atom. The van der Waals surface area contributed by atoms with E-state index in [4.69, 9.17) is 7.85 Å². The second-order valence-electron chi connectivity index (χ2n) is 2.35. The highest BCUT2D eigenvalue weighted by Crippen LogP contribution is 2.00. The van der Waals surface area contributed by atoms with Crippen molar-refractivity contribution < 1.29 is 0 Å². The van der Waals surface area contributed by atoms with Gasteiger partial charge in [-0.2, -0.15) is 0 Å². The van der Waals surface area contributed by atoms with Crippen LogP contribution in [-0.2, 0) is 6.42 Å². The fourth-order valence-electron chi connectivity index (χ4n) is 0.813. The molecule has 1 rings (SSSR count). The van der Waals surface area contributed by atoms with Gasteiger partial charge in [0, 0.05) is 11.9 Å². The summed E-state index contributed by atoms with van der Waals surface area (Å²) in [5.74, 6) is 0. The first-order chi connectivity index (χ1) is 4.83. The monoisotopic (exact) mass is 131 g/mol. The molecular formula is C8H10BN. The Hall–Kier alpha value is -0.785. The molecule has 0 N–H and O–H groups in total. The third-order valence-electron chi connectivity index (χ3n) is 1.41. The Kier molecular flexibility index (Phi) is 2.49. The zero-order chi connectivity index (χ0) is 7.40. The van der Waals surface area contributed by atoms with Gasteiger partial charge in [-0.1, -0.05) is 12.4 Å². The van der Waals surface area contributed by atoms with Crippen molar-refractivity contribution in [3.05, 3.63) is 29.6 Å². The minimum absolute atomic E-state index is 0.699. The molecule has 0 fully saturated rings. The van der Waals surface area contributed by atoms with Crippen LogP contribution in [0.5, 0.6) is 0 Å². The molecular weight excluding hydrogens is 121 g/mol. The van der Waals surface area contributed by atoms with Crippen LogP contribution in [0.15, 0.2) is 18.3 Å². The van der Waals surface area contributed by atoms with Gasteiger partial charge in [-0.25, -0.2) is 0 Å². The summed E-state index contributed by atoms with van der Waals surface area (Å²) in [7, 11) is 5.37. The molecule has 0 atom stereocenters. The molecule has 0 aliphatic heterocycles. The maximum absolute atomic E-state index is 5.37. The van der Waals surface area contributed by atoms with E-state index in [1.807, 2.05) is 19.2 Å². The normalized spacial score (nSPS) is 9.70. The van der Waals surface area contributed by atoms with Crippen molar-refractivity contribution in [2.75, 3.05) is 0 Å². The summed E-state index contributed by atoms with van der Waals surface area (Å²) in [6, 6.07) is 4.07. The van der Waals surface area contributed by atoms with Crippen molar-refractivity contribution in [1.29, 1.82) is 0 Å². The van der Waals surface area contributed by atoms with E-state index in [1.54, 1.807) is 0 Å². The van der Waals surface area contributed by atoms with Crippen LogP contribution in [-0.4, -0.2) is 12.8 Å². The summed E-state index contributed by atoms with van der Waals surface area (Å²) >= 11 is 0. The van der Waals surface area contributed by atoms with Gasteiger partial charge in [0.2, 0.25) is 0 Å². The fourth-order valence-corrected chi connectivity index (χ4v) is 0.813. The lowest BCUT2D eigenvalue weighted by Crippen LogP contribution is -1.86. The number of hydrogen-bond donors (Lipinski definition) is 0. The summed E-state index contributed by atoms with van der Waals surface area (Å²) < 4.78 is 0. The molecule has 0 saturated heterocycles. The fraction of sp³-hybridized carbons (Fsp3) is 0.375. The quantitative estimate of drug-likeness (QED) is 0.554. The Morgan fingerprint density at radius 3 is 2.80 bits per heavy atom. The molecule has 2 heteroatoms. The van der Waals surface area contributed by atoms with Gasteiger partial charge in [-0.15, -0.1) is 0 Å². The first-order valence-electron chi connectivity index (χ1n) is 3.44. The average molecular weight is 131 g/mol. The standard InChI is InChI=1S/C8H10BN/c1-7-2-3-8(4-5-9)6-10-7/h2-3,6H,4-5H2,1H3. The van der Waals surface area contributed by atoms with Crippen LogP contribution in [0.2, 0.25) is 6.32 Å². The third-order valence-corrected chi connectivity index (χ3v) is 1.41. The van der Waals surface area contributed by atoms with Crippen molar-refractivity contribution in [3.63, 3.8) is 0 Å². The van der Waals surface area contributed by atoms with Crippen LogP contribution < -0.4 is 0 Å². The zero-order valence-electron chi connectivity index (χ0n) is 6.17. The van der Waals surface area contributed by atoms with Gasteiger partial charge in [0.1, 0.15) is 0 Å². The van der Waals surface area contributed by atoms with Gasteiger partial charge in [-0.05, 0) is 25.0 Å². The molecule has 0 bridgehead atoms. The molecule has 0 aliphatic carbocycles. The molecule has 1 nitrogen and oxygen atoms in total. The second-order valence-corrected chi connectivity index (χ2v) is 2.35. The number of pyridine rings is 1. The van der Waals surface area contributed by atoms with Crippen molar-refractivity contribution >= 4 is 7.85 Å². The van der Waals surface area contributed by atoms with E-state index in [1.165, 1.54) is 5.56 Å². The predicted octanol–water partition coefficient (Wildman–Crippen LogP) is 1.52. The van der Waals surface area contributed by atoms with Crippen molar-refractivity contribution in [2.45, 2.75) is 19.7 Å². The largest absolute Gasteiger partial charge is 0.261 e. The van der Waals surface area contributed by atoms with Crippen LogP contribution in [0.1, 0.15) is 11.3 Å². The van der Waals surface area contributed by atoms with E-state index >= 15 is 0 Å². The van der Waals surface area contributed by atoms with Gasteiger partial charge >= 0.3 is 0 Å². The number of nitrogens with zero attached hydrogens (tertiary/aromatic N) is 1. The van der Waals surface area contributed by atoms with Crippen LogP contribution in [0.4, 0.5) is 0 Å². The summed E-state index contributed by atoms with van der Waals surface area (Å²) in [6.07, 6.45) is 3.50. The molecule has 50 valence electrons. The van der Waals surface area contributed by atoms with Gasteiger partial charge < -0.3 is 0 Å². The lowest BCUT2D eigenvalue weighted by Gasteiger charge is -1.96. The molecule has 0 unspecified atom stereocenters. The van der Waals surface area contributed by atoms with Crippen molar-refractivity contribution in [2.24, 2.45) is 0 Å². The topological polar surface area (TPSA) is 12.9 Å². The van der Waals surface area contributed by atoms with E-state index in [9.17, 15) is 0 Å². The van der Waals surface area contributed by atoms with E-state index < -0.39 is 0 Å². The number of aryl methyl sites for hydroxylation is 2. The minimum Gasteiger partial charge on any atom is -0.261 e. The highest BCUT2D eigenvalue weighted by molar-refractivity contribution is 6.08. The molecule has 0 spiro atoms. The average Bonchev–Trinajstić information content (AvgIpc) is 1.95. The van der Waals surface area contributed by atoms with Crippen molar-refractivity contribution in [3.8, 4) is 0 Å². The van der Waals surface area contributed by atoms with E-state index in [0.717, 1.165) is 12.1 Å². The van der Waals surface area contributed by atoms with Crippen molar-refractivity contribution in [1.82, 2.24) is 4.98 Å². The number of hydrogen-bond acceptors (Lipinski definition) is 1. The lowest BCUT2D eigenvalue weighted by molar-refractivity contribution is 1.07. The van der Waals surface area contributed by atoms with E-state index in [0.29, 0.717) is 6.32 Å². The molecule has 1 aromatic heterocycles. The van der Waals surface area contributed by atoms with E-state index in [-0.39, 0.29) is 0 Å². The second kappa shape index (κ2) is 3.40. The molecule has 2 radical (unpaired) electrons. The first kappa shape index (κ1) is 7.32. The maximum atomic E-state index is 5.37. The molecule has 1 aromatic rings. The SMILES string of the molecule is [B]CCc1ccc(C)nc1. The van der Waals surface area contributed by atoms with Gasteiger partial charge in [-0.3, -0.25) is 4.98 Å². The molecule has 0 aliphatic rings. The molecule has 10 heavy (non-hydrogen) atoms. The molecule has 0 saturated carbocycles. The van der Waals surface area contributed by atoms with Gasteiger partial charge in [0.05, 0.1) is 7.85 Å². The smallest absolute Gasteiger partial charge is 0.0657 e. The summed E-state index contributed by atoms with van der Waals surface area (Å²) in [5.41, 5.74) is 2.27. The summed E-state index contributed by atoms with van der Waals surface area (Å²) in [5, 5.41) is 0. The maximum Gasteiger partial charge on any atom is 0.0657 e. The highest BCUT2D eigenvalue weighted by atomic mass is 14.6. The zero-order valence-corrected chi connectivity index (χ0v) is 6.17. The number of aromatic nitrogens is 1. The Labute approximate surface area is 62.9 Å². The highest BCUT2D eigenvalue weighted by Gasteiger charge is 1.89. The Morgan fingerprint density at radius 1 is 1.50 bits per heavy atom. The summed E-state index contributed by atoms with van der Waals surface area (Å²) in [4.78, 5) is 4.14. The lowest BCUT2D eigenvalue weighted by atomic mass is 9.98. The Balaban J connectivity index is 2.69. The van der Waals surface area contributed by atoms with Crippen LogP contribution in [0, 0.1) is 6.92 Å². The molecule has 0 amide bonds. The van der Waals surface area contributed by atoms with E-state index in [2.05, 4.69) is 11.1 Å². The third kappa shape index (κ3) is 1.87.